The molecule has 7 nitrogen and oxygen atoms in total. The summed E-state index contributed by atoms with van der Waals surface area (Å²) in [5, 5.41) is 4.62. The number of thiophene rings is 1. The number of sulfonamides is 1. The molecule has 1 saturated heterocycles. The smallest absolute Gasteiger partial charge is 0.267 e. The Morgan fingerprint density at radius 2 is 1.76 bits per heavy atom. The van der Waals surface area contributed by atoms with Crippen molar-refractivity contribution < 1.29 is 22.7 Å². The molecular weight excluding hydrogens is 436 g/mol. The van der Waals surface area contributed by atoms with E-state index >= 15 is 0 Å². The third kappa shape index (κ3) is 4.23. The number of nitrogens with zero attached hydrogens (tertiary/aromatic N) is 1. The molecule has 1 aromatic carbocycles. The fourth-order valence-corrected chi connectivity index (χ4v) is 6.38. The largest absolute Gasteiger partial charge is 0.490 e. The molecule has 2 aliphatic rings. The van der Waals surface area contributed by atoms with Crippen molar-refractivity contribution in [1.82, 2.24) is 4.31 Å². The van der Waals surface area contributed by atoms with Crippen molar-refractivity contribution in [2.75, 3.05) is 31.6 Å². The zero-order valence-corrected chi connectivity index (χ0v) is 18.0. The predicted octanol–water partition coefficient (Wildman–Crippen LogP) is 3.99. The first kappa shape index (κ1) is 20.5. The second kappa shape index (κ2) is 8.51. The molecule has 0 bridgehead atoms. The van der Waals surface area contributed by atoms with Gasteiger partial charge in [0.15, 0.2) is 11.5 Å². The number of ether oxygens (including phenoxy) is 2. The van der Waals surface area contributed by atoms with Gasteiger partial charge in [-0.15, -0.1) is 11.3 Å². The Kier molecular flexibility index (Phi) is 6.00. The van der Waals surface area contributed by atoms with Gasteiger partial charge in [-0.1, -0.05) is 18.0 Å². The van der Waals surface area contributed by atoms with E-state index in [-0.39, 0.29) is 9.77 Å². The van der Waals surface area contributed by atoms with E-state index in [9.17, 15) is 13.2 Å². The Balaban J connectivity index is 1.59. The third-order valence-corrected chi connectivity index (χ3v) is 8.15. The lowest BCUT2D eigenvalue weighted by Crippen LogP contribution is -2.36. The van der Waals surface area contributed by atoms with E-state index in [1.165, 1.54) is 10.4 Å². The maximum Gasteiger partial charge on any atom is 0.267 e. The van der Waals surface area contributed by atoms with Crippen molar-refractivity contribution in [2.45, 2.75) is 30.6 Å². The van der Waals surface area contributed by atoms with Crippen LogP contribution in [0.15, 0.2) is 28.5 Å². The third-order valence-electron chi connectivity index (χ3n) is 4.85. The maximum absolute atomic E-state index is 13.0. The van der Waals surface area contributed by atoms with Crippen LogP contribution in [0, 0.1) is 0 Å². The fraction of sp³-hybridized carbons (Fsp3) is 0.421. The Morgan fingerprint density at radius 3 is 2.48 bits per heavy atom. The molecule has 10 heteroatoms. The van der Waals surface area contributed by atoms with E-state index in [1.807, 2.05) is 0 Å². The Bertz CT molecular complexity index is 1020. The highest BCUT2D eigenvalue weighted by atomic mass is 35.5. The Hall–Kier alpha value is -1.81. The van der Waals surface area contributed by atoms with Gasteiger partial charge in [0.1, 0.15) is 9.77 Å². The quantitative estimate of drug-likeness (QED) is 0.751. The Labute approximate surface area is 178 Å². The number of nitrogens with one attached hydrogen (secondary N) is 1. The second-order valence-corrected chi connectivity index (χ2v) is 10.1. The number of carbonyl (C=O) groups is 1. The van der Waals surface area contributed by atoms with Crippen LogP contribution in [0.4, 0.5) is 5.69 Å². The fourth-order valence-electron chi connectivity index (χ4n) is 3.37. The number of fused-ring (bicyclic) bond motifs is 1. The molecule has 1 aromatic heterocycles. The summed E-state index contributed by atoms with van der Waals surface area (Å²) >= 11 is 7.39. The summed E-state index contributed by atoms with van der Waals surface area (Å²) in [5.74, 6) is 0.497. The van der Waals surface area contributed by atoms with E-state index in [0.717, 1.165) is 37.0 Å². The minimum Gasteiger partial charge on any atom is -0.490 e. The first-order chi connectivity index (χ1) is 14.0. The highest BCUT2D eigenvalue weighted by Gasteiger charge is 2.31. The molecule has 1 N–H and O–H groups in total. The number of hydrogen-bond acceptors (Lipinski definition) is 6. The molecule has 2 aromatic rings. The molecule has 0 aliphatic carbocycles. The lowest BCUT2D eigenvalue weighted by atomic mass is 10.2. The molecule has 3 heterocycles. The summed E-state index contributed by atoms with van der Waals surface area (Å²) in [6.45, 7) is 1.99. The van der Waals surface area contributed by atoms with Gasteiger partial charge >= 0.3 is 0 Å². The topological polar surface area (TPSA) is 84.9 Å². The van der Waals surface area contributed by atoms with Crippen LogP contribution in [0.25, 0.3) is 0 Å². The highest BCUT2D eigenvalue weighted by Crippen LogP contribution is 2.38. The molecule has 156 valence electrons. The summed E-state index contributed by atoms with van der Waals surface area (Å²) < 4.78 is 38.7. The van der Waals surface area contributed by atoms with Gasteiger partial charge in [-0.2, -0.15) is 4.31 Å². The molecule has 1 amide bonds. The lowest BCUT2D eigenvalue weighted by Gasteiger charge is -2.25. The maximum atomic E-state index is 13.0. The minimum absolute atomic E-state index is 0.0346. The van der Waals surface area contributed by atoms with Gasteiger partial charge in [0.2, 0.25) is 10.0 Å². The van der Waals surface area contributed by atoms with E-state index in [4.69, 9.17) is 21.1 Å². The molecule has 0 radical (unpaired) electrons. The average Bonchev–Trinajstić information content (AvgIpc) is 3.12. The van der Waals surface area contributed by atoms with Crippen LogP contribution < -0.4 is 14.8 Å². The van der Waals surface area contributed by atoms with Crippen molar-refractivity contribution in [3.8, 4) is 11.5 Å². The van der Waals surface area contributed by atoms with Gasteiger partial charge in [-0.05, 0) is 24.3 Å². The van der Waals surface area contributed by atoms with Gasteiger partial charge in [0.25, 0.3) is 5.91 Å². The molecule has 0 unspecified atom stereocenters. The molecule has 0 saturated carbocycles. The van der Waals surface area contributed by atoms with E-state index < -0.39 is 15.9 Å². The number of amides is 1. The SMILES string of the molecule is O=C(Nc1cc2c(cc1Cl)OCCCO2)c1sccc1S(=O)(=O)N1CCCCC1. The van der Waals surface area contributed by atoms with Crippen LogP contribution >= 0.6 is 22.9 Å². The second-order valence-electron chi connectivity index (χ2n) is 6.86. The molecule has 2 aliphatic heterocycles. The van der Waals surface area contributed by atoms with Gasteiger partial charge < -0.3 is 14.8 Å². The van der Waals surface area contributed by atoms with Crippen LogP contribution in [-0.2, 0) is 10.0 Å². The van der Waals surface area contributed by atoms with Crippen LogP contribution in [0.3, 0.4) is 0 Å². The summed E-state index contributed by atoms with van der Waals surface area (Å²) in [6.07, 6.45) is 3.43. The monoisotopic (exact) mass is 456 g/mol. The summed E-state index contributed by atoms with van der Waals surface area (Å²) in [5.41, 5.74) is 0.343. The number of carbonyl (C=O) groups excluding carboxylic acids is 1. The summed E-state index contributed by atoms with van der Waals surface area (Å²) in [6, 6.07) is 4.68. The number of rotatable bonds is 4. The zero-order valence-electron chi connectivity index (χ0n) is 15.6. The predicted molar refractivity (Wildman–Crippen MR) is 112 cm³/mol. The molecular formula is C19H21ClN2O5S2. The lowest BCUT2D eigenvalue weighted by molar-refractivity contribution is 0.102. The number of benzene rings is 1. The number of halogens is 1. The molecule has 1 fully saturated rings. The van der Waals surface area contributed by atoms with Crippen LogP contribution in [0.1, 0.15) is 35.4 Å². The van der Waals surface area contributed by atoms with Gasteiger partial charge in [0, 0.05) is 31.6 Å². The van der Waals surface area contributed by atoms with Crippen molar-refractivity contribution >= 4 is 44.6 Å². The van der Waals surface area contributed by atoms with Crippen molar-refractivity contribution in [3.05, 3.63) is 33.5 Å². The molecule has 0 spiro atoms. The van der Waals surface area contributed by atoms with Crippen molar-refractivity contribution in [3.63, 3.8) is 0 Å². The number of anilines is 1. The van der Waals surface area contributed by atoms with Gasteiger partial charge in [-0.3, -0.25) is 4.79 Å². The van der Waals surface area contributed by atoms with E-state index in [2.05, 4.69) is 5.32 Å². The molecule has 29 heavy (non-hydrogen) atoms. The van der Waals surface area contributed by atoms with Gasteiger partial charge in [0.05, 0.1) is 23.9 Å². The van der Waals surface area contributed by atoms with Crippen molar-refractivity contribution in [2.24, 2.45) is 0 Å². The standard InChI is InChI=1S/C19H21ClN2O5S2/c20-13-11-15-16(27-9-4-8-26-15)12-14(13)21-19(23)18-17(5-10-28-18)29(24,25)22-6-2-1-3-7-22/h5,10-12H,1-4,6-9H2,(H,21,23). The van der Waals surface area contributed by atoms with Gasteiger partial charge in [-0.25, -0.2) is 8.42 Å². The highest BCUT2D eigenvalue weighted by molar-refractivity contribution is 7.89. The van der Waals surface area contributed by atoms with E-state index in [0.29, 0.717) is 48.5 Å². The van der Waals surface area contributed by atoms with E-state index in [1.54, 1.807) is 17.5 Å². The molecule has 0 atom stereocenters. The summed E-state index contributed by atoms with van der Waals surface area (Å²) in [4.78, 5) is 13.1. The molecule has 4 rings (SSSR count). The first-order valence-electron chi connectivity index (χ1n) is 9.45. The zero-order chi connectivity index (χ0) is 20.4. The number of hydrogen-bond donors (Lipinski definition) is 1. The van der Waals surface area contributed by atoms with Crippen LogP contribution in [-0.4, -0.2) is 44.9 Å². The number of piperidine rings is 1. The van der Waals surface area contributed by atoms with Crippen molar-refractivity contribution in [1.29, 1.82) is 0 Å². The minimum atomic E-state index is -3.71. The first-order valence-corrected chi connectivity index (χ1v) is 12.1. The summed E-state index contributed by atoms with van der Waals surface area (Å²) in [7, 11) is -3.71. The van der Waals surface area contributed by atoms with Crippen LogP contribution in [0.2, 0.25) is 5.02 Å². The van der Waals surface area contributed by atoms with Crippen LogP contribution in [0.5, 0.6) is 11.5 Å². The average molecular weight is 457 g/mol. The Morgan fingerprint density at radius 1 is 1.07 bits per heavy atom. The normalized spacial score (nSPS) is 17.6.